The van der Waals surface area contributed by atoms with Crippen molar-refractivity contribution in [2.45, 2.75) is 20.3 Å². The number of benzene rings is 1. The van der Waals surface area contributed by atoms with E-state index in [-0.39, 0.29) is 0 Å². The number of nitriles is 1. The first kappa shape index (κ1) is 13.0. The van der Waals surface area contributed by atoms with Crippen LogP contribution in [0.2, 0.25) is 0 Å². The third-order valence-corrected chi connectivity index (χ3v) is 2.99. The summed E-state index contributed by atoms with van der Waals surface area (Å²) < 4.78 is 0. The van der Waals surface area contributed by atoms with Gasteiger partial charge in [-0.05, 0) is 31.4 Å². The number of hydrogen-bond donors (Lipinski definition) is 1. The first-order chi connectivity index (χ1) is 9.19. The Morgan fingerprint density at radius 3 is 2.84 bits per heavy atom. The van der Waals surface area contributed by atoms with E-state index in [0.717, 1.165) is 13.0 Å². The van der Waals surface area contributed by atoms with Crippen LogP contribution in [0, 0.1) is 25.2 Å². The Kier molecular flexibility index (Phi) is 4.09. The molecule has 19 heavy (non-hydrogen) atoms. The topological polar surface area (TPSA) is 61.6 Å². The summed E-state index contributed by atoms with van der Waals surface area (Å²) in [5.41, 5.74) is 4.29. The van der Waals surface area contributed by atoms with Gasteiger partial charge in [0.15, 0.2) is 0 Å². The maximum absolute atomic E-state index is 8.76. The molecule has 0 radical (unpaired) electrons. The molecule has 2 rings (SSSR count). The SMILES string of the molecule is Cc1ccc(C)c(CCNc2cc(C#N)ncn2)c1. The predicted octanol–water partition coefficient (Wildman–Crippen LogP) is 2.62. The second-order valence-electron chi connectivity index (χ2n) is 4.51. The van der Waals surface area contributed by atoms with Gasteiger partial charge in [0.1, 0.15) is 23.9 Å². The van der Waals surface area contributed by atoms with Crippen LogP contribution in [0.4, 0.5) is 5.82 Å². The van der Waals surface area contributed by atoms with Gasteiger partial charge in [0.25, 0.3) is 0 Å². The monoisotopic (exact) mass is 252 g/mol. The van der Waals surface area contributed by atoms with Crippen LogP contribution in [-0.2, 0) is 6.42 Å². The third kappa shape index (κ3) is 3.52. The zero-order chi connectivity index (χ0) is 13.7. The Balaban J connectivity index is 1.96. The fourth-order valence-corrected chi connectivity index (χ4v) is 1.91. The van der Waals surface area contributed by atoms with E-state index in [4.69, 9.17) is 5.26 Å². The number of nitrogens with one attached hydrogen (secondary N) is 1. The van der Waals surface area contributed by atoms with Crippen LogP contribution >= 0.6 is 0 Å². The summed E-state index contributed by atoms with van der Waals surface area (Å²) in [6.45, 7) is 5.00. The normalized spacial score (nSPS) is 9.95. The van der Waals surface area contributed by atoms with Gasteiger partial charge >= 0.3 is 0 Å². The van der Waals surface area contributed by atoms with Crippen LogP contribution < -0.4 is 5.32 Å². The maximum atomic E-state index is 8.76. The summed E-state index contributed by atoms with van der Waals surface area (Å²) in [5.74, 6) is 0.692. The Labute approximate surface area is 113 Å². The Morgan fingerprint density at radius 1 is 1.21 bits per heavy atom. The van der Waals surface area contributed by atoms with Crippen molar-refractivity contribution in [1.29, 1.82) is 5.26 Å². The van der Waals surface area contributed by atoms with Crippen LogP contribution in [0.3, 0.4) is 0 Å². The average molecular weight is 252 g/mol. The van der Waals surface area contributed by atoms with Crippen molar-refractivity contribution in [2.75, 3.05) is 11.9 Å². The molecule has 0 aliphatic carbocycles. The second kappa shape index (κ2) is 5.96. The molecule has 2 aromatic rings. The van der Waals surface area contributed by atoms with Crippen LogP contribution in [0.25, 0.3) is 0 Å². The van der Waals surface area contributed by atoms with Crippen molar-refractivity contribution in [3.63, 3.8) is 0 Å². The van der Waals surface area contributed by atoms with E-state index in [1.54, 1.807) is 6.07 Å². The molecule has 0 unspecified atom stereocenters. The highest BCUT2D eigenvalue weighted by atomic mass is 15.0. The predicted molar refractivity (Wildman–Crippen MR) is 74.9 cm³/mol. The molecule has 0 spiro atoms. The summed E-state index contributed by atoms with van der Waals surface area (Å²) in [6, 6.07) is 10.1. The molecular weight excluding hydrogens is 236 g/mol. The van der Waals surface area contributed by atoms with Gasteiger partial charge in [-0.25, -0.2) is 9.97 Å². The maximum Gasteiger partial charge on any atom is 0.145 e. The third-order valence-electron chi connectivity index (χ3n) is 2.99. The van der Waals surface area contributed by atoms with Crippen LogP contribution in [-0.4, -0.2) is 16.5 Å². The van der Waals surface area contributed by atoms with Crippen molar-refractivity contribution >= 4 is 5.82 Å². The molecule has 0 fully saturated rings. The molecule has 1 aromatic carbocycles. The van der Waals surface area contributed by atoms with E-state index in [2.05, 4.69) is 47.3 Å². The molecule has 0 amide bonds. The molecule has 96 valence electrons. The zero-order valence-electron chi connectivity index (χ0n) is 11.1. The van der Waals surface area contributed by atoms with E-state index >= 15 is 0 Å². The summed E-state index contributed by atoms with van der Waals surface area (Å²) in [7, 11) is 0. The van der Waals surface area contributed by atoms with Crippen molar-refractivity contribution in [3.8, 4) is 6.07 Å². The summed E-state index contributed by atoms with van der Waals surface area (Å²) in [4.78, 5) is 7.92. The smallest absolute Gasteiger partial charge is 0.145 e. The highest BCUT2D eigenvalue weighted by Gasteiger charge is 2.00. The quantitative estimate of drug-likeness (QED) is 0.908. The first-order valence-electron chi connectivity index (χ1n) is 6.21. The van der Waals surface area contributed by atoms with E-state index < -0.39 is 0 Å². The molecule has 0 saturated carbocycles. The first-order valence-corrected chi connectivity index (χ1v) is 6.21. The van der Waals surface area contributed by atoms with Gasteiger partial charge in [0.05, 0.1) is 0 Å². The van der Waals surface area contributed by atoms with Gasteiger partial charge in [0, 0.05) is 12.6 Å². The molecule has 0 atom stereocenters. The van der Waals surface area contributed by atoms with Crippen LogP contribution in [0.5, 0.6) is 0 Å². The standard InChI is InChI=1S/C15H16N4/c1-11-3-4-12(2)13(7-11)5-6-17-15-8-14(9-16)18-10-19-15/h3-4,7-8,10H,5-6H2,1-2H3,(H,17,18,19). The van der Waals surface area contributed by atoms with Gasteiger partial charge in [-0.3, -0.25) is 0 Å². The average Bonchev–Trinajstić information content (AvgIpc) is 2.43. The van der Waals surface area contributed by atoms with Crippen LogP contribution in [0.15, 0.2) is 30.6 Å². The van der Waals surface area contributed by atoms with Gasteiger partial charge in [-0.1, -0.05) is 23.8 Å². The van der Waals surface area contributed by atoms with Gasteiger partial charge in [0.2, 0.25) is 0 Å². The number of nitrogens with zero attached hydrogens (tertiary/aromatic N) is 3. The Morgan fingerprint density at radius 2 is 2.05 bits per heavy atom. The molecule has 0 saturated heterocycles. The lowest BCUT2D eigenvalue weighted by Crippen LogP contribution is -2.07. The summed E-state index contributed by atoms with van der Waals surface area (Å²) >= 11 is 0. The molecule has 0 aliphatic rings. The second-order valence-corrected chi connectivity index (χ2v) is 4.51. The number of aryl methyl sites for hydroxylation is 2. The zero-order valence-corrected chi connectivity index (χ0v) is 11.1. The minimum Gasteiger partial charge on any atom is -0.370 e. The lowest BCUT2D eigenvalue weighted by atomic mass is 10.0. The van der Waals surface area contributed by atoms with E-state index in [1.807, 2.05) is 6.07 Å². The fraction of sp³-hybridized carbons (Fsp3) is 0.267. The molecular formula is C15H16N4. The molecule has 0 bridgehead atoms. The van der Waals surface area contributed by atoms with Crippen LogP contribution in [0.1, 0.15) is 22.4 Å². The number of anilines is 1. The lowest BCUT2D eigenvalue weighted by molar-refractivity contribution is 0.983. The highest BCUT2D eigenvalue weighted by Crippen LogP contribution is 2.11. The van der Waals surface area contributed by atoms with Crippen molar-refractivity contribution in [3.05, 3.63) is 53.0 Å². The van der Waals surface area contributed by atoms with E-state index in [1.165, 1.54) is 23.0 Å². The minimum atomic E-state index is 0.379. The summed E-state index contributed by atoms with van der Waals surface area (Å²) in [6.07, 6.45) is 2.33. The summed E-state index contributed by atoms with van der Waals surface area (Å²) in [5, 5.41) is 12.0. The number of hydrogen-bond acceptors (Lipinski definition) is 4. The van der Waals surface area contributed by atoms with Crippen molar-refractivity contribution in [1.82, 2.24) is 9.97 Å². The lowest BCUT2D eigenvalue weighted by Gasteiger charge is -2.08. The highest BCUT2D eigenvalue weighted by molar-refractivity contribution is 5.39. The van der Waals surface area contributed by atoms with Gasteiger partial charge in [-0.2, -0.15) is 5.26 Å². The number of aromatic nitrogens is 2. The van der Waals surface area contributed by atoms with E-state index in [0.29, 0.717) is 11.5 Å². The molecule has 1 aromatic heterocycles. The largest absolute Gasteiger partial charge is 0.370 e. The minimum absolute atomic E-state index is 0.379. The number of rotatable bonds is 4. The molecule has 1 N–H and O–H groups in total. The van der Waals surface area contributed by atoms with Gasteiger partial charge in [-0.15, -0.1) is 0 Å². The van der Waals surface area contributed by atoms with Crippen molar-refractivity contribution < 1.29 is 0 Å². The molecule has 4 heteroatoms. The molecule has 1 heterocycles. The van der Waals surface area contributed by atoms with E-state index in [9.17, 15) is 0 Å². The Hall–Kier alpha value is -2.41. The van der Waals surface area contributed by atoms with Crippen molar-refractivity contribution in [2.24, 2.45) is 0 Å². The molecule has 4 nitrogen and oxygen atoms in total. The fourth-order valence-electron chi connectivity index (χ4n) is 1.91. The Bertz CT molecular complexity index is 614. The van der Waals surface area contributed by atoms with Gasteiger partial charge < -0.3 is 5.32 Å². The molecule has 0 aliphatic heterocycles.